The first-order valence-corrected chi connectivity index (χ1v) is 7.15. The second-order valence-corrected chi connectivity index (χ2v) is 5.70. The van der Waals surface area contributed by atoms with Gasteiger partial charge in [-0.3, -0.25) is 0 Å². The third-order valence-electron chi connectivity index (χ3n) is 5.02. The smallest absolute Gasteiger partial charge is 0.143 e. The van der Waals surface area contributed by atoms with Gasteiger partial charge >= 0.3 is 0 Å². The molecule has 0 aromatic carbocycles. The first kappa shape index (κ1) is 18.3. The van der Waals surface area contributed by atoms with E-state index in [2.05, 4.69) is 0 Å². The Bertz CT molecular complexity index is 264. The van der Waals surface area contributed by atoms with Gasteiger partial charge in [0.1, 0.15) is 37.5 Å². The van der Waals surface area contributed by atoms with Crippen LogP contribution in [0.3, 0.4) is 0 Å². The molecule has 2 fully saturated rings. The van der Waals surface area contributed by atoms with Crippen molar-refractivity contribution in [3.05, 3.63) is 0 Å². The molecule has 20 heavy (non-hydrogen) atoms. The Balaban J connectivity index is 0.00000200. The van der Waals surface area contributed by atoms with Gasteiger partial charge in [-0.15, -0.1) is 0 Å². The normalized spacial score (nSPS) is 35.4. The van der Waals surface area contributed by atoms with Crippen molar-refractivity contribution in [2.75, 3.05) is 54.7 Å². The Labute approximate surface area is 132 Å². The molecule has 0 aromatic rings. The minimum absolute atomic E-state index is 0. The standard InChI is InChI=1S/C14H28NO4.BrH/c1-16-9-11-13(18-3)14(19-4)12(10-17-2)15(11)7-5-6-8-15;/h11-14H,5-10H2,1-4H3;1H/q+1;/p-1/t11-,12-,13+,14+;/m0./s1. The minimum Gasteiger partial charge on any atom is -1.00 e. The molecule has 5 nitrogen and oxygen atoms in total. The van der Waals surface area contributed by atoms with Gasteiger partial charge in [-0.25, -0.2) is 0 Å². The van der Waals surface area contributed by atoms with E-state index in [0.29, 0.717) is 12.1 Å². The lowest BCUT2D eigenvalue weighted by Gasteiger charge is -2.41. The highest BCUT2D eigenvalue weighted by Crippen LogP contribution is 2.40. The monoisotopic (exact) mass is 353 g/mol. The van der Waals surface area contributed by atoms with Crippen molar-refractivity contribution in [1.82, 2.24) is 0 Å². The summed E-state index contributed by atoms with van der Waals surface area (Å²) < 4.78 is 23.5. The van der Waals surface area contributed by atoms with Gasteiger partial charge in [0, 0.05) is 41.3 Å². The van der Waals surface area contributed by atoms with Crippen LogP contribution in [0.4, 0.5) is 0 Å². The van der Waals surface area contributed by atoms with Crippen LogP contribution >= 0.6 is 0 Å². The van der Waals surface area contributed by atoms with Crippen LogP contribution in [0.5, 0.6) is 0 Å². The molecule has 0 aliphatic carbocycles. The summed E-state index contributed by atoms with van der Waals surface area (Å²) in [7, 11) is 7.09. The molecular weight excluding hydrogens is 326 g/mol. The number of quaternary nitrogens is 1. The van der Waals surface area contributed by atoms with Crippen molar-refractivity contribution < 1.29 is 40.4 Å². The number of rotatable bonds is 6. The largest absolute Gasteiger partial charge is 1.00 e. The fraction of sp³-hybridized carbons (Fsp3) is 1.00. The number of halogens is 1. The maximum absolute atomic E-state index is 5.77. The zero-order valence-electron chi connectivity index (χ0n) is 13.0. The van der Waals surface area contributed by atoms with E-state index < -0.39 is 0 Å². The molecule has 0 unspecified atom stereocenters. The number of ether oxygens (including phenoxy) is 4. The number of nitrogens with zero attached hydrogens (tertiary/aromatic N) is 1. The van der Waals surface area contributed by atoms with E-state index in [1.165, 1.54) is 25.9 Å². The molecule has 6 heteroatoms. The quantitative estimate of drug-likeness (QED) is 0.502. The SMILES string of the molecule is COC[C@H]1[C@@H](OC)[C@H](OC)[C@H](COC)[N+]12CCCC2.[Br-]. The lowest BCUT2D eigenvalue weighted by atomic mass is 10.1. The summed E-state index contributed by atoms with van der Waals surface area (Å²) in [6.07, 6.45) is 2.71. The first-order valence-electron chi connectivity index (χ1n) is 7.15. The molecule has 0 saturated carbocycles. The van der Waals surface area contributed by atoms with Gasteiger partial charge in [0.15, 0.2) is 0 Å². The van der Waals surface area contributed by atoms with E-state index in [0.717, 1.165) is 17.7 Å². The maximum Gasteiger partial charge on any atom is 0.143 e. The van der Waals surface area contributed by atoms with Gasteiger partial charge in [-0.1, -0.05) is 0 Å². The zero-order chi connectivity index (χ0) is 13.9. The highest BCUT2D eigenvalue weighted by atomic mass is 79.9. The molecule has 2 rings (SSSR count). The second-order valence-electron chi connectivity index (χ2n) is 5.70. The molecule has 2 saturated heterocycles. The van der Waals surface area contributed by atoms with Crippen LogP contribution in [0.25, 0.3) is 0 Å². The molecule has 4 atom stereocenters. The highest BCUT2D eigenvalue weighted by molar-refractivity contribution is 4.95. The topological polar surface area (TPSA) is 36.9 Å². The summed E-state index contributed by atoms with van der Waals surface area (Å²) in [5.41, 5.74) is 0. The van der Waals surface area contributed by atoms with Gasteiger partial charge in [-0.05, 0) is 0 Å². The molecule has 0 N–H and O–H groups in total. The van der Waals surface area contributed by atoms with Crippen molar-refractivity contribution in [2.24, 2.45) is 0 Å². The fourth-order valence-corrected chi connectivity index (χ4v) is 4.27. The van der Waals surface area contributed by atoms with Gasteiger partial charge in [0.2, 0.25) is 0 Å². The molecule has 120 valence electrons. The molecule has 0 bridgehead atoms. The van der Waals surface area contributed by atoms with E-state index in [-0.39, 0.29) is 29.2 Å². The van der Waals surface area contributed by atoms with Gasteiger partial charge in [-0.2, -0.15) is 0 Å². The third-order valence-corrected chi connectivity index (χ3v) is 5.02. The van der Waals surface area contributed by atoms with E-state index in [1.54, 1.807) is 28.4 Å². The number of methoxy groups -OCH3 is 4. The Morgan fingerprint density at radius 3 is 1.50 bits per heavy atom. The van der Waals surface area contributed by atoms with Crippen LogP contribution in [0.2, 0.25) is 0 Å². The fourth-order valence-electron chi connectivity index (χ4n) is 4.27. The molecule has 1 spiro atoms. The van der Waals surface area contributed by atoms with Crippen molar-refractivity contribution >= 4 is 0 Å². The highest BCUT2D eigenvalue weighted by Gasteiger charge is 2.62. The van der Waals surface area contributed by atoms with E-state index in [4.69, 9.17) is 18.9 Å². The average Bonchev–Trinajstić information content (AvgIpc) is 2.99. The van der Waals surface area contributed by atoms with Crippen molar-refractivity contribution in [3.8, 4) is 0 Å². The van der Waals surface area contributed by atoms with Crippen molar-refractivity contribution in [1.29, 1.82) is 0 Å². The summed E-state index contributed by atoms with van der Waals surface area (Å²) >= 11 is 0. The predicted molar refractivity (Wildman–Crippen MR) is 72.2 cm³/mol. The summed E-state index contributed by atoms with van der Waals surface area (Å²) in [6.45, 7) is 3.81. The zero-order valence-corrected chi connectivity index (χ0v) is 14.6. The molecule has 0 radical (unpaired) electrons. The van der Waals surface area contributed by atoms with Gasteiger partial charge < -0.3 is 40.4 Å². The lowest BCUT2D eigenvalue weighted by molar-refractivity contribution is -0.953. The number of hydrogen-bond acceptors (Lipinski definition) is 4. The summed E-state index contributed by atoms with van der Waals surface area (Å²) in [5, 5.41) is 0. The van der Waals surface area contributed by atoms with Crippen LogP contribution in [-0.4, -0.2) is 83.5 Å². The predicted octanol–water partition coefficient (Wildman–Crippen LogP) is -2.33. The average molecular weight is 354 g/mol. The maximum atomic E-state index is 5.77. The molecule has 0 aromatic heterocycles. The second kappa shape index (κ2) is 8.06. The van der Waals surface area contributed by atoms with Crippen molar-refractivity contribution in [2.45, 2.75) is 37.1 Å². The Morgan fingerprint density at radius 1 is 0.800 bits per heavy atom. The summed E-state index contributed by atoms with van der Waals surface area (Å²) in [5.74, 6) is 0. The van der Waals surface area contributed by atoms with Crippen molar-refractivity contribution in [3.63, 3.8) is 0 Å². The molecule has 0 amide bonds. The molecule has 2 aliphatic rings. The molecule has 2 heterocycles. The van der Waals surface area contributed by atoms with E-state index in [1.807, 2.05) is 0 Å². The molecule has 2 aliphatic heterocycles. The van der Waals surface area contributed by atoms with Crippen LogP contribution in [0.1, 0.15) is 12.8 Å². The Morgan fingerprint density at radius 2 is 1.20 bits per heavy atom. The van der Waals surface area contributed by atoms with Crippen LogP contribution in [-0.2, 0) is 18.9 Å². The lowest BCUT2D eigenvalue weighted by Crippen LogP contribution is -3.00. The van der Waals surface area contributed by atoms with E-state index in [9.17, 15) is 0 Å². The Kier molecular flexibility index (Phi) is 7.38. The van der Waals surface area contributed by atoms with E-state index >= 15 is 0 Å². The van der Waals surface area contributed by atoms with Gasteiger partial charge in [0.05, 0.1) is 13.1 Å². The van der Waals surface area contributed by atoms with Crippen LogP contribution < -0.4 is 17.0 Å². The Hall–Kier alpha value is 0.280. The third kappa shape index (κ3) is 2.91. The van der Waals surface area contributed by atoms with Crippen LogP contribution in [0, 0.1) is 0 Å². The van der Waals surface area contributed by atoms with Gasteiger partial charge in [0.25, 0.3) is 0 Å². The van der Waals surface area contributed by atoms with Crippen LogP contribution in [0.15, 0.2) is 0 Å². The summed E-state index contributed by atoms with van der Waals surface area (Å²) in [4.78, 5) is 0. The minimum atomic E-state index is 0. The number of hydrogen-bond donors (Lipinski definition) is 0. The molecular formula is C14H28BrNO4. The summed E-state index contributed by atoms with van der Waals surface area (Å²) in [6, 6.07) is 0.699. The first-order chi connectivity index (χ1) is 9.25.